The van der Waals surface area contributed by atoms with Gasteiger partial charge in [0.25, 0.3) is 0 Å². The molecular weight excluding hydrogens is 102 g/mol. The third-order valence-corrected chi connectivity index (χ3v) is 0.938. The van der Waals surface area contributed by atoms with Gasteiger partial charge < -0.3 is 10.5 Å². The van der Waals surface area contributed by atoms with Gasteiger partial charge in [-0.2, -0.15) is 0 Å². The van der Waals surface area contributed by atoms with Crippen LogP contribution in [0, 0.1) is 0 Å². The lowest BCUT2D eigenvalue weighted by molar-refractivity contribution is 0.0724. The van der Waals surface area contributed by atoms with Gasteiger partial charge in [-0.25, -0.2) is 0 Å². The van der Waals surface area contributed by atoms with Crippen LogP contribution in [-0.2, 0) is 4.74 Å². The van der Waals surface area contributed by atoms with E-state index in [2.05, 4.69) is 6.92 Å². The average Bonchev–Trinajstić information content (AvgIpc) is 1.83. The standard InChI is InChI=1S/C6H15NO/c1-3-4-8-6(2)5-7/h6H,3-5,7H2,1-2H3/t6-/m0/s1. The fourth-order valence-electron chi connectivity index (χ4n) is 0.387. The number of nitrogens with two attached hydrogens (primary N) is 1. The maximum Gasteiger partial charge on any atom is 0.0669 e. The van der Waals surface area contributed by atoms with E-state index < -0.39 is 0 Å². The topological polar surface area (TPSA) is 35.2 Å². The van der Waals surface area contributed by atoms with Gasteiger partial charge in [0.05, 0.1) is 6.10 Å². The molecule has 0 unspecified atom stereocenters. The summed E-state index contributed by atoms with van der Waals surface area (Å²) in [7, 11) is 0. The third-order valence-electron chi connectivity index (χ3n) is 0.938. The summed E-state index contributed by atoms with van der Waals surface area (Å²) in [5.74, 6) is 0. The van der Waals surface area contributed by atoms with Crippen LogP contribution in [-0.4, -0.2) is 19.3 Å². The molecule has 0 aliphatic carbocycles. The predicted octanol–water partition coefficient (Wildman–Crippen LogP) is 0.760. The van der Waals surface area contributed by atoms with E-state index in [1.165, 1.54) is 0 Å². The Hall–Kier alpha value is -0.0800. The van der Waals surface area contributed by atoms with Crippen LogP contribution in [0.25, 0.3) is 0 Å². The molecule has 2 heteroatoms. The zero-order valence-electron chi connectivity index (χ0n) is 5.68. The Balaban J connectivity index is 2.86. The fraction of sp³-hybridized carbons (Fsp3) is 1.00. The Labute approximate surface area is 51.0 Å². The molecule has 8 heavy (non-hydrogen) atoms. The smallest absolute Gasteiger partial charge is 0.0669 e. The van der Waals surface area contributed by atoms with Crippen LogP contribution in [0.1, 0.15) is 20.3 Å². The van der Waals surface area contributed by atoms with Crippen molar-refractivity contribution >= 4 is 0 Å². The highest BCUT2D eigenvalue weighted by atomic mass is 16.5. The van der Waals surface area contributed by atoms with Gasteiger partial charge in [-0.05, 0) is 13.3 Å². The Morgan fingerprint density at radius 1 is 1.62 bits per heavy atom. The molecule has 2 N–H and O–H groups in total. The van der Waals surface area contributed by atoms with Crippen molar-refractivity contribution in [3.8, 4) is 0 Å². The molecule has 0 radical (unpaired) electrons. The van der Waals surface area contributed by atoms with E-state index in [1.807, 2.05) is 6.92 Å². The van der Waals surface area contributed by atoms with Crippen LogP contribution in [0.5, 0.6) is 0 Å². The monoisotopic (exact) mass is 117 g/mol. The van der Waals surface area contributed by atoms with E-state index in [0.29, 0.717) is 6.54 Å². The Morgan fingerprint density at radius 3 is 2.62 bits per heavy atom. The van der Waals surface area contributed by atoms with E-state index in [0.717, 1.165) is 13.0 Å². The molecule has 0 aromatic carbocycles. The summed E-state index contributed by atoms with van der Waals surface area (Å²) in [5, 5.41) is 0. The molecule has 1 atom stereocenters. The van der Waals surface area contributed by atoms with Crippen LogP contribution in [0.2, 0.25) is 0 Å². The highest BCUT2D eigenvalue weighted by Crippen LogP contribution is 1.87. The summed E-state index contributed by atoms with van der Waals surface area (Å²) in [6.07, 6.45) is 1.31. The highest BCUT2D eigenvalue weighted by Gasteiger charge is 1.94. The predicted molar refractivity (Wildman–Crippen MR) is 34.8 cm³/mol. The molecule has 0 saturated heterocycles. The van der Waals surface area contributed by atoms with Crippen molar-refractivity contribution in [2.24, 2.45) is 5.73 Å². The molecule has 0 spiro atoms. The van der Waals surface area contributed by atoms with E-state index in [4.69, 9.17) is 10.5 Å². The van der Waals surface area contributed by atoms with Crippen LogP contribution >= 0.6 is 0 Å². The molecule has 0 aliphatic heterocycles. The third kappa shape index (κ3) is 4.09. The normalized spacial score (nSPS) is 13.9. The lowest BCUT2D eigenvalue weighted by Crippen LogP contribution is -2.20. The fourth-order valence-corrected chi connectivity index (χ4v) is 0.387. The van der Waals surface area contributed by atoms with Gasteiger partial charge >= 0.3 is 0 Å². The van der Waals surface area contributed by atoms with Crippen molar-refractivity contribution in [3.63, 3.8) is 0 Å². The van der Waals surface area contributed by atoms with Crippen LogP contribution in [0.4, 0.5) is 0 Å². The van der Waals surface area contributed by atoms with Crippen molar-refractivity contribution in [1.29, 1.82) is 0 Å². The minimum absolute atomic E-state index is 0.231. The first-order valence-corrected chi connectivity index (χ1v) is 3.13. The van der Waals surface area contributed by atoms with Crippen molar-refractivity contribution in [2.45, 2.75) is 26.4 Å². The molecule has 0 bridgehead atoms. The number of hydrogen-bond acceptors (Lipinski definition) is 2. The zero-order chi connectivity index (χ0) is 6.41. The summed E-state index contributed by atoms with van der Waals surface area (Å²) >= 11 is 0. The lowest BCUT2D eigenvalue weighted by Gasteiger charge is -2.07. The van der Waals surface area contributed by atoms with Crippen LogP contribution in [0.3, 0.4) is 0 Å². The molecule has 2 nitrogen and oxygen atoms in total. The van der Waals surface area contributed by atoms with Crippen molar-refractivity contribution in [3.05, 3.63) is 0 Å². The highest BCUT2D eigenvalue weighted by molar-refractivity contribution is 4.46. The Kier molecular flexibility index (Phi) is 5.01. The first-order valence-electron chi connectivity index (χ1n) is 3.13. The second-order valence-electron chi connectivity index (χ2n) is 1.92. The van der Waals surface area contributed by atoms with Crippen LogP contribution in [0.15, 0.2) is 0 Å². The SMILES string of the molecule is CCCO[C@@H](C)CN. The minimum atomic E-state index is 0.231. The molecule has 0 aromatic heterocycles. The van der Waals surface area contributed by atoms with Crippen molar-refractivity contribution < 1.29 is 4.74 Å². The van der Waals surface area contributed by atoms with Gasteiger partial charge in [-0.1, -0.05) is 6.92 Å². The van der Waals surface area contributed by atoms with Gasteiger partial charge in [-0.3, -0.25) is 0 Å². The van der Waals surface area contributed by atoms with Gasteiger partial charge in [-0.15, -0.1) is 0 Å². The van der Waals surface area contributed by atoms with Crippen LogP contribution < -0.4 is 5.73 Å². The average molecular weight is 117 g/mol. The molecule has 50 valence electrons. The molecule has 0 amide bonds. The summed E-state index contributed by atoms with van der Waals surface area (Å²) in [4.78, 5) is 0. The van der Waals surface area contributed by atoms with Crippen molar-refractivity contribution in [2.75, 3.05) is 13.2 Å². The molecule has 0 rings (SSSR count). The second-order valence-corrected chi connectivity index (χ2v) is 1.92. The minimum Gasteiger partial charge on any atom is -0.377 e. The first-order chi connectivity index (χ1) is 3.81. The van der Waals surface area contributed by atoms with Gasteiger partial charge in [0.2, 0.25) is 0 Å². The van der Waals surface area contributed by atoms with Gasteiger partial charge in [0, 0.05) is 13.2 Å². The zero-order valence-corrected chi connectivity index (χ0v) is 5.68. The number of hydrogen-bond donors (Lipinski definition) is 1. The van der Waals surface area contributed by atoms with E-state index in [-0.39, 0.29) is 6.10 Å². The van der Waals surface area contributed by atoms with E-state index >= 15 is 0 Å². The van der Waals surface area contributed by atoms with E-state index in [9.17, 15) is 0 Å². The summed E-state index contributed by atoms with van der Waals surface area (Å²) in [6, 6.07) is 0. The maximum absolute atomic E-state index is 5.29. The summed E-state index contributed by atoms with van der Waals surface area (Å²) in [6.45, 7) is 5.53. The Bertz CT molecular complexity index is 47.8. The summed E-state index contributed by atoms with van der Waals surface area (Å²) in [5.41, 5.74) is 5.29. The largest absolute Gasteiger partial charge is 0.377 e. The van der Waals surface area contributed by atoms with E-state index in [1.54, 1.807) is 0 Å². The quantitative estimate of drug-likeness (QED) is 0.590. The number of rotatable bonds is 4. The van der Waals surface area contributed by atoms with Crippen molar-refractivity contribution in [1.82, 2.24) is 0 Å². The molecule has 0 saturated carbocycles. The number of ether oxygens (including phenoxy) is 1. The lowest BCUT2D eigenvalue weighted by atomic mass is 10.4. The van der Waals surface area contributed by atoms with Gasteiger partial charge in [0.15, 0.2) is 0 Å². The molecular formula is C6H15NO. The maximum atomic E-state index is 5.29. The first kappa shape index (κ1) is 7.92. The second kappa shape index (κ2) is 5.06. The molecule has 0 fully saturated rings. The molecule has 0 heterocycles. The molecule has 0 aromatic rings. The molecule has 0 aliphatic rings. The Morgan fingerprint density at radius 2 is 2.25 bits per heavy atom. The summed E-state index contributed by atoms with van der Waals surface area (Å²) < 4.78 is 5.22. The van der Waals surface area contributed by atoms with Gasteiger partial charge in [0.1, 0.15) is 0 Å².